The second kappa shape index (κ2) is 8.11. The van der Waals surface area contributed by atoms with E-state index in [1.54, 1.807) is 0 Å². The number of alkyl halides is 1. The van der Waals surface area contributed by atoms with Gasteiger partial charge in [-0.2, -0.15) is 0 Å². The zero-order valence-electron chi connectivity index (χ0n) is 9.94. The molecule has 1 amide bonds. The number of ether oxygens (including phenoxy) is 1. The molecule has 0 spiro atoms. The predicted molar refractivity (Wildman–Crippen MR) is 66.3 cm³/mol. The van der Waals surface area contributed by atoms with Gasteiger partial charge < -0.3 is 10.1 Å². The van der Waals surface area contributed by atoms with E-state index in [-0.39, 0.29) is 11.3 Å². The minimum Gasteiger partial charge on any atom is -0.381 e. The SMILES string of the molecule is CCC(C)(C)C(=O)NCCCOCCBr. The summed E-state index contributed by atoms with van der Waals surface area (Å²) in [6, 6.07) is 0. The quantitative estimate of drug-likeness (QED) is 0.547. The number of nitrogens with one attached hydrogen (secondary N) is 1. The highest BCUT2D eigenvalue weighted by Crippen LogP contribution is 2.19. The van der Waals surface area contributed by atoms with Crippen molar-refractivity contribution in [1.29, 1.82) is 0 Å². The average Bonchev–Trinajstić information content (AvgIpc) is 2.22. The topological polar surface area (TPSA) is 38.3 Å². The monoisotopic (exact) mass is 279 g/mol. The first-order valence-corrected chi connectivity index (χ1v) is 6.58. The van der Waals surface area contributed by atoms with Crippen molar-refractivity contribution < 1.29 is 9.53 Å². The lowest BCUT2D eigenvalue weighted by atomic mass is 9.89. The molecule has 0 unspecified atom stereocenters. The van der Waals surface area contributed by atoms with E-state index in [9.17, 15) is 4.79 Å². The van der Waals surface area contributed by atoms with Crippen LogP contribution < -0.4 is 5.32 Å². The number of halogens is 1. The van der Waals surface area contributed by atoms with E-state index in [0.717, 1.165) is 24.8 Å². The molecule has 15 heavy (non-hydrogen) atoms. The van der Waals surface area contributed by atoms with Crippen molar-refractivity contribution in [3.63, 3.8) is 0 Å². The summed E-state index contributed by atoms with van der Waals surface area (Å²) in [6.07, 6.45) is 1.73. The van der Waals surface area contributed by atoms with Crippen molar-refractivity contribution in [3.8, 4) is 0 Å². The first-order chi connectivity index (χ1) is 7.04. The fourth-order valence-corrected chi connectivity index (χ4v) is 1.16. The van der Waals surface area contributed by atoms with Crippen LogP contribution >= 0.6 is 15.9 Å². The highest BCUT2D eigenvalue weighted by atomic mass is 79.9. The molecule has 0 aromatic rings. The van der Waals surface area contributed by atoms with Gasteiger partial charge in [-0.15, -0.1) is 0 Å². The molecule has 0 aromatic heterocycles. The fraction of sp³-hybridized carbons (Fsp3) is 0.909. The summed E-state index contributed by atoms with van der Waals surface area (Å²) < 4.78 is 5.28. The van der Waals surface area contributed by atoms with Crippen molar-refractivity contribution in [2.75, 3.05) is 25.1 Å². The van der Waals surface area contributed by atoms with Gasteiger partial charge >= 0.3 is 0 Å². The van der Waals surface area contributed by atoms with Crippen LogP contribution in [0.3, 0.4) is 0 Å². The van der Waals surface area contributed by atoms with Crippen LogP contribution in [0.2, 0.25) is 0 Å². The number of carbonyl (C=O) groups is 1. The van der Waals surface area contributed by atoms with E-state index in [0.29, 0.717) is 13.2 Å². The van der Waals surface area contributed by atoms with Crippen molar-refractivity contribution >= 4 is 21.8 Å². The Morgan fingerprint density at radius 1 is 1.40 bits per heavy atom. The predicted octanol–water partition coefficient (Wildman–Crippen LogP) is 2.34. The summed E-state index contributed by atoms with van der Waals surface area (Å²) in [5.74, 6) is 0.130. The summed E-state index contributed by atoms with van der Waals surface area (Å²) >= 11 is 3.28. The minimum absolute atomic E-state index is 0.130. The Labute approximate surface area is 101 Å². The molecule has 0 aliphatic carbocycles. The highest BCUT2D eigenvalue weighted by Gasteiger charge is 2.24. The summed E-state index contributed by atoms with van der Waals surface area (Å²) in [5.41, 5.74) is -0.253. The third-order valence-electron chi connectivity index (χ3n) is 2.47. The van der Waals surface area contributed by atoms with Crippen molar-refractivity contribution in [3.05, 3.63) is 0 Å². The average molecular weight is 280 g/mol. The Hall–Kier alpha value is -0.0900. The maximum atomic E-state index is 11.6. The van der Waals surface area contributed by atoms with E-state index < -0.39 is 0 Å². The molecule has 0 aromatic carbocycles. The highest BCUT2D eigenvalue weighted by molar-refractivity contribution is 9.09. The van der Waals surface area contributed by atoms with Gasteiger partial charge in [0.2, 0.25) is 5.91 Å². The maximum Gasteiger partial charge on any atom is 0.225 e. The number of hydrogen-bond acceptors (Lipinski definition) is 2. The van der Waals surface area contributed by atoms with E-state index in [1.807, 2.05) is 20.8 Å². The third-order valence-corrected chi connectivity index (χ3v) is 2.79. The van der Waals surface area contributed by atoms with Crippen LogP contribution in [-0.4, -0.2) is 31.0 Å². The smallest absolute Gasteiger partial charge is 0.225 e. The fourth-order valence-electron chi connectivity index (χ4n) is 0.933. The Balaban J connectivity index is 3.47. The maximum absolute atomic E-state index is 11.6. The third kappa shape index (κ3) is 6.90. The largest absolute Gasteiger partial charge is 0.381 e. The number of hydrogen-bond donors (Lipinski definition) is 1. The zero-order chi connectivity index (χ0) is 11.7. The lowest BCUT2D eigenvalue weighted by molar-refractivity contribution is -0.129. The normalized spacial score (nSPS) is 11.5. The van der Waals surface area contributed by atoms with E-state index in [4.69, 9.17) is 4.74 Å². The lowest BCUT2D eigenvalue weighted by Crippen LogP contribution is -2.37. The lowest BCUT2D eigenvalue weighted by Gasteiger charge is -2.21. The number of carbonyl (C=O) groups excluding carboxylic acids is 1. The summed E-state index contributed by atoms with van der Waals surface area (Å²) in [5, 5.41) is 3.78. The molecular weight excluding hydrogens is 258 g/mol. The molecule has 1 N–H and O–H groups in total. The molecule has 4 heteroatoms. The molecule has 3 nitrogen and oxygen atoms in total. The summed E-state index contributed by atoms with van der Waals surface area (Å²) in [6.45, 7) is 8.09. The molecular formula is C11H22BrNO2. The molecule has 0 saturated carbocycles. The Bertz CT molecular complexity index is 183. The second-order valence-electron chi connectivity index (χ2n) is 4.15. The minimum atomic E-state index is -0.253. The Morgan fingerprint density at radius 2 is 2.07 bits per heavy atom. The Morgan fingerprint density at radius 3 is 2.60 bits per heavy atom. The van der Waals surface area contributed by atoms with Gasteiger partial charge in [0.05, 0.1) is 6.61 Å². The summed E-state index contributed by atoms with van der Waals surface area (Å²) in [7, 11) is 0. The van der Waals surface area contributed by atoms with Gasteiger partial charge in [-0.25, -0.2) is 0 Å². The van der Waals surface area contributed by atoms with Crippen LogP contribution in [0.25, 0.3) is 0 Å². The van der Waals surface area contributed by atoms with Crippen LogP contribution in [-0.2, 0) is 9.53 Å². The number of amides is 1. The first-order valence-electron chi connectivity index (χ1n) is 5.46. The molecule has 0 rings (SSSR count). The molecule has 0 fully saturated rings. The molecule has 0 aliphatic rings. The van der Waals surface area contributed by atoms with Crippen molar-refractivity contribution in [2.24, 2.45) is 5.41 Å². The molecule has 0 bridgehead atoms. The van der Waals surface area contributed by atoms with E-state index >= 15 is 0 Å². The van der Waals surface area contributed by atoms with E-state index in [1.165, 1.54) is 0 Å². The molecule has 0 heterocycles. The van der Waals surface area contributed by atoms with Gasteiger partial charge in [-0.1, -0.05) is 36.7 Å². The second-order valence-corrected chi connectivity index (χ2v) is 4.94. The van der Waals surface area contributed by atoms with Crippen molar-refractivity contribution in [2.45, 2.75) is 33.6 Å². The van der Waals surface area contributed by atoms with Crippen molar-refractivity contribution in [1.82, 2.24) is 5.32 Å². The van der Waals surface area contributed by atoms with Crippen LogP contribution in [0.5, 0.6) is 0 Å². The standard InChI is InChI=1S/C11H22BrNO2/c1-4-11(2,3)10(14)13-7-5-8-15-9-6-12/h4-9H2,1-3H3,(H,13,14). The van der Waals surface area contributed by atoms with Gasteiger partial charge in [0, 0.05) is 23.9 Å². The van der Waals surface area contributed by atoms with Crippen LogP contribution in [0.4, 0.5) is 0 Å². The summed E-state index contributed by atoms with van der Waals surface area (Å²) in [4.78, 5) is 11.6. The zero-order valence-corrected chi connectivity index (χ0v) is 11.5. The van der Waals surface area contributed by atoms with Gasteiger partial charge in [-0.05, 0) is 12.8 Å². The molecule has 0 radical (unpaired) electrons. The van der Waals surface area contributed by atoms with Gasteiger partial charge in [-0.3, -0.25) is 4.79 Å². The van der Waals surface area contributed by atoms with Gasteiger partial charge in [0.15, 0.2) is 0 Å². The van der Waals surface area contributed by atoms with Crippen LogP contribution in [0, 0.1) is 5.41 Å². The molecule has 0 saturated heterocycles. The Kier molecular flexibility index (Phi) is 8.06. The molecule has 0 atom stereocenters. The number of rotatable bonds is 8. The first kappa shape index (κ1) is 14.9. The molecule has 0 aliphatic heterocycles. The van der Waals surface area contributed by atoms with Crippen LogP contribution in [0.15, 0.2) is 0 Å². The van der Waals surface area contributed by atoms with E-state index in [2.05, 4.69) is 21.2 Å². The molecule has 90 valence electrons. The van der Waals surface area contributed by atoms with Gasteiger partial charge in [0.25, 0.3) is 0 Å². The van der Waals surface area contributed by atoms with Gasteiger partial charge in [0.1, 0.15) is 0 Å². The van der Waals surface area contributed by atoms with Crippen LogP contribution in [0.1, 0.15) is 33.6 Å².